The topological polar surface area (TPSA) is 69.0 Å². The first-order chi connectivity index (χ1) is 10.2. The van der Waals surface area contributed by atoms with Crippen LogP contribution in [0, 0.1) is 5.92 Å². The fourth-order valence-corrected chi connectivity index (χ4v) is 2.59. The molecular weight excluding hydrogens is 268 g/mol. The summed E-state index contributed by atoms with van der Waals surface area (Å²) in [6, 6.07) is 5.80. The molecule has 0 fully saturated rings. The Morgan fingerprint density at radius 3 is 2.95 bits per heavy atom. The standard InChI is InChI=1S/C15H18N4O2/c1-3-21-15(20)12-9-17-14-8-13(18-19(14)10(12)2)11-4-6-16-7-5-11/h4-8,10,12,17H,3,9H2,1-2H3. The van der Waals surface area contributed by atoms with Gasteiger partial charge in [-0.15, -0.1) is 0 Å². The van der Waals surface area contributed by atoms with Gasteiger partial charge in [0.1, 0.15) is 5.82 Å². The largest absolute Gasteiger partial charge is 0.466 e. The number of hydrogen-bond acceptors (Lipinski definition) is 5. The molecule has 3 rings (SSSR count). The van der Waals surface area contributed by atoms with Gasteiger partial charge in [0.05, 0.1) is 24.3 Å². The van der Waals surface area contributed by atoms with Gasteiger partial charge in [0.2, 0.25) is 0 Å². The first-order valence-corrected chi connectivity index (χ1v) is 7.11. The molecule has 1 N–H and O–H groups in total. The smallest absolute Gasteiger partial charge is 0.312 e. The highest BCUT2D eigenvalue weighted by molar-refractivity contribution is 5.75. The second-order valence-electron chi connectivity index (χ2n) is 5.08. The van der Waals surface area contributed by atoms with Crippen molar-refractivity contribution in [2.24, 2.45) is 5.92 Å². The third kappa shape index (κ3) is 2.49. The minimum Gasteiger partial charge on any atom is -0.466 e. The molecule has 2 aromatic heterocycles. The summed E-state index contributed by atoms with van der Waals surface area (Å²) in [5.74, 6) is 0.529. The molecule has 110 valence electrons. The first-order valence-electron chi connectivity index (χ1n) is 7.11. The van der Waals surface area contributed by atoms with Crippen molar-refractivity contribution >= 4 is 11.8 Å². The third-order valence-electron chi connectivity index (χ3n) is 3.77. The lowest BCUT2D eigenvalue weighted by Crippen LogP contribution is -2.37. The number of anilines is 1. The number of fused-ring (bicyclic) bond motifs is 1. The van der Waals surface area contributed by atoms with Crippen molar-refractivity contribution in [2.45, 2.75) is 19.9 Å². The predicted molar refractivity (Wildman–Crippen MR) is 78.8 cm³/mol. The SMILES string of the molecule is CCOC(=O)C1CNc2cc(-c3ccncc3)nn2C1C. The maximum absolute atomic E-state index is 12.0. The van der Waals surface area contributed by atoms with Crippen LogP contribution in [0.1, 0.15) is 19.9 Å². The number of nitrogens with one attached hydrogen (secondary N) is 1. The summed E-state index contributed by atoms with van der Waals surface area (Å²) in [6.07, 6.45) is 3.48. The van der Waals surface area contributed by atoms with Crippen LogP contribution in [0.3, 0.4) is 0 Å². The molecule has 0 aliphatic carbocycles. The van der Waals surface area contributed by atoms with Gasteiger partial charge < -0.3 is 10.1 Å². The number of nitrogens with zero attached hydrogens (tertiary/aromatic N) is 3. The number of pyridine rings is 1. The molecule has 0 aromatic carbocycles. The molecule has 6 nitrogen and oxygen atoms in total. The van der Waals surface area contributed by atoms with E-state index in [0.29, 0.717) is 13.2 Å². The molecule has 2 atom stereocenters. The summed E-state index contributed by atoms with van der Waals surface area (Å²) < 4.78 is 6.99. The highest BCUT2D eigenvalue weighted by atomic mass is 16.5. The zero-order valence-corrected chi connectivity index (χ0v) is 12.1. The van der Waals surface area contributed by atoms with Crippen LogP contribution in [0.2, 0.25) is 0 Å². The van der Waals surface area contributed by atoms with E-state index in [4.69, 9.17) is 4.74 Å². The van der Waals surface area contributed by atoms with Gasteiger partial charge in [-0.25, -0.2) is 4.68 Å². The summed E-state index contributed by atoms with van der Waals surface area (Å²) in [7, 11) is 0. The molecular formula is C15H18N4O2. The highest BCUT2D eigenvalue weighted by Crippen LogP contribution is 2.31. The zero-order valence-electron chi connectivity index (χ0n) is 12.1. The quantitative estimate of drug-likeness (QED) is 0.875. The summed E-state index contributed by atoms with van der Waals surface area (Å²) in [6.45, 7) is 4.78. The number of hydrogen-bond donors (Lipinski definition) is 1. The number of carbonyl (C=O) groups is 1. The van der Waals surface area contributed by atoms with E-state index in [0.717, 1.165) is 17.1 Å². The Bertz CT molecular complexity index is 638. The van der Waals surface area contributed by atoms with Crippen LogP contribution < -0.4 is 5.32 Å². The van der Waals surface area contributed by atoms with E-state index in [1.807, 2.05) is 36.7 Å². The average Bonchev–Trinajstić information content (AvgIpc) is 2.94. The van der Waals surface area contributed by atoms with E-state index in [-0.39, 0.29) is 17.9 Å². The van der Waals surface area contributed by atoms with Gasteiger partial charge in [0.25, 0.3) is 0 Å². The van der Waals surface area contributed by atoms with Gasteiger partial charge >= 0.3 is 5.97 Å². The maximum atomic E-state index is 12.0. The molecule has 3 heterocycles. The highest BCUT2D eigenvalue weighted by Gasteiger charge is 2.33. The lowest BCUT2D eigenvalue weighted by atomic mass is 10.00. The van der Waals surface area contributed by atoms with E-state index in [9.17, 15) is 4.79 Å². The second kappa shape index (κ2) is 5.55. The Balaban J connectivity index is 1.89. The van der Waals surface area contributed by atoms with Crippen LogP contribution in [0.15, 0.2) is 30.6 Å². The Kier molecular flexibility index (Phi) is 3.60. The molecule has 21 heavy (non-hydrogen) atoms. The first kappa shape index (κ1) is 13.6. The Morgan fingerprint density at radius 1 is 1.48 bits per heavy atom. The molecule has 1 aliphatic heterocycles. The fraction of sp³-hybridized carbons (Fsp3) is 0.400. The third-order valence-corrected chi connectivity index (χ3v) is 3.77. The van der Waals surface area contributed by atoms with Gasteiger partial charge in [-0.3, -0.25) is 9.78 Å². The summed E-state index contributed by atoms with van der Waals surface area (Å²) in [5, 5.41) is 7.87. The molecule has 6 heteroatoms. The minimum absolute atomic E-state index is 0.0316. The van der Waals surface area contributed by atoms with Crippen molar-refractivity contribution in [3.05, 3.63) is 30.6 Å². The Labute approximate surface area is 123 Å². The number of aromatic nitrogens is 3. The van der Waals surface area contributed by atoms with Crippen LogP contribution in [-0.4, -0.2) is 33.9 Å². The molecule has 0 radical (unpaired) electrons. The van der Waals surface area contributed by atoms with E-state index < -0.39 is 0 Å². The fourth-order valence-electron chi connectivity index (χ4n) is 2.59. The monoisotopic (exact) mass is 286 g/mol. The number of carbonyl (C=O) groups excluding carboxylic acids is 1. The second-order valence-corrected chi connectivity index (χ2v) is 5.08. The van der Waals surface area contributed by atoms with E-state index in [1.165, 1.54) is 0 Å². The Hall–Kier alpha value is -2.37. The molecule has 0 spiro atoms. The molecule has 2 aromatic rings. The molecule has 1 aliphatic rings. The Morgan fingerprint density at radius 2 is 2.24 bits per heavy atom. The lowest BCUT2D eigenvalue weighted by Gasteiger charge is -2.29. The van der Waals surface area contributed by atoms with Crippen molar-refractivity contribution in [3.63, 3.8) is 0 Å². The molecule has 0 saturated carbocycles. The summed E-state index contributed by atoms with van der Waals surface area (Å²) in [5.41, 5.74) is 1.88. The van der Waals surface area contributed by atoms with Crippen molar-refractivity contribution in [1.29, 1.82) is 0 Å². The van der Waals surface area contributed by atoms with E-state index in [2.05, 4.69) is 15.4 Å². The van der Waals surface area contributed by atoms with Crippen LogP contribution in [0.4, 0.5) is 5.82 Å². The van der Waals surface area contributed by atoms with Crippen molar-refractivity contribution in [1.82, 2.24) is 14.8 Å². The van der Waals surface area contributed by atoms with Crippen molar-refractivity contribution < 1.29 is 9.53 Å². The van der Waals surface area contributed by atoms with Gasteiger partial charge in [0.15, 0.2) is 0 Å². The molecule has 0 bridgehead atoms. The molecule has 2 unspecified atom stereocenters. The van der Waals surface area contributed by atoms with Crippen LogP contribution >= 0.6 is 0 Å². The van der Waals surface area contributed by atoms with Gasteiger partial charge in [-0.1, -0.05) is 0 Å². The normalized spacial score (nSPS) is 20.5. The summed E-state index contributed by atoms with van der Waals surface area (Å²) >= 11 is 0. The van der Waals surface area contributed by atoms with Crippen LogP contribution in [0.5, 0.6) is 0 Å². The van der Waals surface area contributed by atoms with Crippen molar-refractivity contribution in [3.8, 4) is 11.3 Å². The molecule has 0 saturated heterocycles. The van der Waals surface area contributed by atoms with Crippen LogP contribution in [0.25, 0.3) is 11.3 Å². The van der Waals surface area contributed by atoms with Gasteiger partial charge in [0, 0.05) is 30.6 Å². The van der Waals surface area contributed by atoms with E-state index in [1.54, 1.807) is 12.4 Å². The van der Waals surface area contributed by atoms with E-state index >= 15 is 0 Å². The molecule has 0 amide bonds. The van der Waals surface area contributed by atoms with Crippen molar-refractivity contribution in [2.75, 3.05) is 18.5 Å². The number of rotatable bonds is 3. The summed E-state index contributed by atoms with van der Waals surface area (Å²) in [4.78, 5) is 16.0. The zero-order chi connectivity index (χ0) is 14.8. The van der Waals surface area contributed by atoms with Gasteiger partial charge in [-0.05, 0) is 26.0 Å². The number of ether oxygens (including phenoxy) is 1. The average molecular weight is 286 g/mol. The number of esters is 1. The van der Waals surface area contributed by atoms with Crippen LogP contribution in [-0.2, 0) is 9.53 Å². The predicted octanol–water partition coefficient (Wildman–Crippen LogP) is 2.11. The van der Waals surface area contributed by atoms with Gasteiger partial charge in [-0.2, -0.15) is 5.10 Å². The maximum Gasteiger partial charge on any atom is 0.312 e. The minimum atomic E-state index is -0.220. The lowest BCUT2D eigenvalue weighted by molar-refractivity contribution is -0.149.